The number of hydrogen-bond acceptors (Lipinski definition) is 4. The first-order valence-electron chi connectivity index (χ1n) is 8.31. The fourth-order valence-electron chi connectivity index (χ4n) is 2.48. The van der Waals surface area contributed by atoms with Crippen LogP contribution < -0.4 is 5.32 Å². The molecule has 1 heterocycles. The van der Waals surface area contributed by atoms with Gasteiger partial charge in [-0.1, -0.05) is 18.2 Å². The summed E-state index contributed by atoms with van der Waals surface area (Å²) < 4.78 is 19.8. The van der Waals surface area contributed by atoms with Crippen molar-refractivity contribution in [3.05, 3.63) is 78.1 Å². The lowest BCUT2D eigenvalue weighted by molar-refractivity contribution is -0.123. The lowest BCUT2D eigenvalue weighted by Crippen LogP contribution is -2.30. The number of hydrogen-bond donors (Lipinski definition) is 1. The predicted octanol–water partition coefficient (Wildman–Crippen LogP) is 3.50. The molecule has 0 aliphatic heterocycles. The van der Waals surface area contributed by atoms with Gasteiger partial charge in [0.2, 0.25) is 0 Å². The molecule has 0 saturated carbocycles. The van der Waals surface area contributed by atoms with Gasteiger partial charge < -0.3 is 10.1 Å². The van der Waals surface area contributed by atoms with Crippen LogP contribution in [0, 0.1) is 12.7 Å². The lowest BCUT2D eigenvalue weighted by Gasteiger charge is -2.15. The third-order valence-electron chi connectivity index (χ3n) is 4.01. The van der Waals surface area contributed by atoms with Crippen molar-refractivity contribution >= 4 is 17.6 Å². The van der Waals surface area contributed by atoms with Gasteiger partial charge in [-0.2, -0.15) is 0 Å². The molecule has 6 nitrogen and oxygen atoms in total. The van der Waals surface area contributed by atoms with Gasteiger partial charge >= 0.3 is 5.97 Å². The number of aromatic nitrogens is 2. The van der Waals surface area contributed by atoms with Crippen LogP contribution in [0.1, 0.15) is 23.0 Å². The standard InChI is InChI=1S/C20H18FN3O3/c1-13-5-3-4-6-17(13)23-19(25)14(2)27-20(26)18-11-22-12-24(18)16-9-7-15(21)8-10-16/h3-12,14H,1-2H3,(H,23,25)/t14-/m1/s1. The molecule has 138 valence electrons. The van der Waals surface area contributed by atoms with E-state index in [1.54, 1.807) is 12.1 Å². The van der Waals surface area contributed by atoms with Crippen LogP contribution in [0.3, 0.4) is 0 Å². The van der Waals surface area contributed by atoms with Crippen LogP contribution >= 0.6 is 0 Å². The lowest BCUT2D eigenvalue weighted by atomic mass is 10.2. The van der Waals surface area contributed by atoms with Gasteiger partial charge in [0.25, 0.3) is 5.91 Å². The minimum absolute atomic E-state index is 0.136. The van der Waals surface area contributed by atoms with Crippen molar-refractivity contribution in [2.45, 2.75) is 20.0 Å². The van der Waals surface area contributed by atoms with E-state index in [1.165, 1.54) is 48.3 Å². The Morgan fingerprint density at radius 2 is 1.85 bits per heavy atom. The Labute approximate surface area is 155 Å². The molecule has 1 amide bonds. The van der Waals surface area contributed by atoms with Crippen molar-refractivity contribution in [3.63, 3.8) is 0 Å². The molecule has 7 heteroatoms. The predicted molar refractivity (Wildman–Crippen MR) is 98.2 cm³/mol. The minimum Gasteiger partial charge on any atom is -0.448 e. The van der Waals surface area contributed by atoms with Crippen LogP contribution in [0.4, 0.5) is 10.1 Å². The van der Waals surface area contributed by atoms with Crippen LogP contribution in [0.15, 0.2) is 61.1 Å². The number of para-hydroxylation sites is 1. The summed E-state index contributed by atoms with van der Waals surface area (Å²) in [5.74, 6) is -1.53. The molecule has 1 aromatic heterocycles. The maximum Gasteiger partial charge on any atom is 0.357 e. The summed E-state index contributed by atoms with van der Waals surface area (Å²) in [5.41, 5.74) is 2.25. The number of nitrogens with zero attached hydrogens (tertiary/aromatic N) is 2. The van der Waals surface area contributed by atoms with Crippen LogP contribution in [0.25, 0.3) is 5.69 Å². The summed E-state index contributed by atoms with van der Waals surface area (Å²) in [6, 6.07) is 12.9. The van der Waals surface area contributed by atoms with Crippen LogP contribution in [-0.4, -0.2) is 27.5 Å². The van der Waals surface area contributed by atoms with Gasteiger partial charge in [0.15, 0.2) is 11.8 Å². The van der Waals surface area contributed by atoms with E-state index in [0.717, 1.165) is 5.56 Å². The molecule has 0 radical (unpaired) electrons. The van der Waals surface area contributed by atoms with Gasteiger partial charge in [0.05, 0.1) is 12.5 Å². The van der Waals surface area contributed by atoms with E-state index in [9.17, 15) is 14.0 Å². The molecule has 1 atom stereocenters. The number of ether oxygens (including phenoxy) is 1. The summed E-state index contributed by atoms with van der Waals surface area (Å²) in [4.78, 5) is 28.7. The summed E-state index contributed by atoms with van der Waals surface area (Å²) in [7, 11) is 0. The van der Waals surface area contributed by atoms with Gasteiger partial charge in [0.1, 0.15) is 5.82 Å². The Bertz CT molecular complexity index is 967. The zero-order valence-electron chi connectivity index (χ0n) is 14.8. The number of esters is 1. The molecule has 3 aromatic rings. The van der Waals surface area contributed by atoms with Gasteiger partial charge in [-0.3, -0.25) is 9.36 Å². The van der Waals surface area contributed by atoms with E-state index >= 15 is 0 Å². The molecular formula is C20H18FN3O3. The Kier molecular flexibility index (Phi) is 5.30. The average molecular weight is 367 g/mol. The maximum atomic E-state index is 13.1. The first-order chi connectivity index (χ1) is 13.0. The first-order valence-corrected chi connectivity index (χ1v) is 8.31. The molecule has 0 aliphatic rings. The van der Waals surface area contributed by atoms with Crippen molar-refractivity contribution in [1.29, 1.82) is 0 Å². The molecule has 27 heavy (non-hydrogen) atoms. The van der Waals surface area contributed by atoms with E-state index in [4.69, 9.17) is 4.74 Å². The smallest absolute Gasteiger partial charge is 0.357 e. The summed E-state index contributed by atoms with van der Waals surface area (Å²) in [5, 5.41) is 2.73. The van der Waals surface area contributed by atoms with E-state index in [0.29, 0.717) is 11.4 Å². The molecular weight excluding hydrogens is 349 g/mol. The maximum absolute atomic E-state index is 13.1. The second-order valence-electron chi connectivity index (χ2n) is 5.98. The van der Waals surface area contributed by atoms with E-state index in [1.807, 2.05) is 19.1 Å². The molecule has 3 rings (SSSR count). The van der Waals surface area contributed by atoms with Gasteiger partial charge in [-0.05, 0) is 49.7 Å². The van der Waals surface area contributed by atoms with Gasteiger partial charge in [0, 0.05) is 11.4 Å². The molecule has 0 unspecified atom stereocenters. The van der Waals surface area contributed by atoms with Crippen molar-refractivity contribution in [2.75, 3.05) is 5.32 Å². The number of amides is 1. The first kappa shape index (κ1) is 18.3. The van der Waals surface area contributed by atoms with Gasteiger partial charge in [-0.25, -0.2) is 14.2 Å². The number of imidazole rings is 1. The fourth-order valence-corrected chi connectivity index (χ4v) is 2.48. The number of rotatable bonds is 5. The third-order valence-corrected chi connectivity index (χ3v) is 4.01. The van der Waals surface area contributed by atoms with E-state index in [-0.39, 0.29) is 11.5 Å². The number of aryl methyl sites for hydroxylation is 1. The average Bonchev–Trinajstić information content (AvgIpc) is 3.14. The molecule has 1 N–H and O–H groups in total. The van der Waals surface area contributed by atoms with Crippen molar-refractivity contribution in [3.8, 4) is 5.69 Å². The second kappa shape index (κ2) is 7.82. The number of halogens is 1. The number of carbonyl (C=O) groups is 2. The summed E-state index contributed by atoms with van der Waals surface area (Å²) >= 11 is 0. The molecule has 2 aromatic carbocycles. The van der Waals surface area contributed by atoms with Crippen LogP contribution in [-0.2, 0) is 9.53 Å². The molecule has 0 saturated heterocycles. The molecule has 0 fully saturated rings. The van der Waals surface area contributed by atoms with E-state index < -0.39 is 18.0 Å². The topological polar surface area (TPSA) is 73.2 Å². The monoisotopic (exact) mass is 367 g/mol. The highest BCUT2D eigenvalue weighted by Gasteiger charge is 2.22. The quantitative estimate of drug-likeness (QED) is 0.701. The van der Waals surface area contributed by atoms with Crippen LogP contribution in [0.5, 0.6) is 0 Å². The molecule has 0 aliphatic carbocycles. The highest BCUT2D eigenvalue weighted by atomic mass is 19.1. The highest BCUT2D eigenvalue weighted by molar-refractivity contribution is 5.97. The second-order valence-corrected chi connectivity index (χ2v) is 5.98. The number of anilines is 1. The molecule has 0 spiro atoms. The largest absolute Gasteiger partial charge is 0.448 e. The zero-order valence-corrected chi connectivity index (χ0v) is 14.8. The Balaban J connectivity index is 1.70. The minimum atomic E-state index is -1.01. The normalized spacial score (nSPS) is 11.7. The SMILES string of the molecule is Cc1ccccc1NC(=O)[C@@H](C)OC(=O)c1cncn1-c1ccc(F)cc1. The number of benzene rings is 2. The zero-order chi connectivity index (χ0) is 19.4. The molecule has 0 bridgehead atoms. The fraction of sp³-hybridized carbons (Fsp3) is 0.150. The van der Waals surface area contributed by atoms with Crippen molar-refractivity contribution < 1.29 is 18.7 Å². The Morgan fingerprint density at radius 3 is 2.56 bits per heavy atom. The van der Waals surface area contributed by atoms with Crippen LogP contribution in [0.2, 0.25) is 0 Å². The number of nitrogens with one attached hydrogen (secondary N) is 1. The van der Waals surface area contributed by atoms with Gasteiger partial charge in [-0.15, -0.1) is 0 Å². The summed E-state index contributed by atoms with van der Waals surface area (Å²) in [6.07, 6.45) is 1.74. The van der Waals surface area contributed by atoms with Crippen molar-refractivity contribution in [1.82, 2.24) is 9.55 Å². The number of carbonyl (C=O) groups excluding carboxylic acids is 2. The Morgan fingerprint density at radius 1 is 1.15 bits per heavy atom. The Hall–Kier alpha value is -3.48. The highest BCUT2D eigenvalue weighted by Crippen LogP contribution is 2.16. The van der Waals surface area contributed by atoms with Crippen molar-refractivity contribution in [2.24, 2.45) is 0 Å². The third kappa shape index (κ3) is 4.20. The summed E-state index contributed by atoms with van der Waals surface area (Å²) in [6.45, 7) is 3.36. The van der Waals surface area contributed by atoms with E-state index in [2.05, 4.69) is 10.3 Å².